The normalized spacial score (nSPS) is 17.8. The molecule has 0 spiro atoms. The van der Waals surface area contributed by atoms with E-state index in [0.29, 0.717) is 5.92 Å². The first kappa shape index (κ1) is 17.1. The Morgan fingerprint density at radius 2 is 1.83 bits per heavy atom. The van der Waals surface area contributed by atoms with Crippen LogP contribution in [0.2, 0.25) is 0 Å². The summed E-state index contributed by atoms with van der Waals surface area (Å²) in [7, 11) is 0. The summed E-state index contributed by atoms with van der Waals surface area (Å²) in [6.45, 7) is 6.12. The summed E-state index contributed by atoms with van der Waals surface area (Å²) in [6, 6.07) is 16.7. The predicted molar refractivity (Wildman–Crippen MR) is 101 cm³/mol. The summed E-state index contributed by atoms with van der Waals surface area (Å²) in [5.41, 5.74) is 3.35. The van der Waals surface area contributed by atoms with Crippen molar-refractivity contribution in [2.45, 2.75) is 37.3 Å². The highest BCUT2D eigenvalue weighted by Gasteiger charge is 2.21. The van der Waals surface area contributed by atoms with Crippen LogP contribution in [0.5, 0.6) is 0 Å². The largest absolute Gasteiger partial charge is 0.338 e. The minimum Gasteiger partial charge on any atom is -0.338 e. The van der Waals surface area contributed by atoms with E-state index >= 15 is 0 Å². The maximum absolute atomic E-state index is 12.6. The zero-order valence-electron chi connectivity index (χ0n) is 14.5. The number of likely N-dealkylation sites (tertiary alicyclic amines) is 1. The van der Waals surface area contributed by atoms with Gasteiger partial charge in [-0.15, -0.1) is 11.8 Å². The number of carbonyl (C=O) groups excluding carboxylic acids is 1. The van der Waals surface area contributed by atoms with Crippen molar-refractivity contribution in [3.8, 4) is 0 Å². The van der Waals surface area contributed by atoms with E-state index in [4.69, 9.17) is 0 Å². The molecular weight excluding hydrogens is 314 g/mol. The molecule has 0 bridgehead atoms. The molecule has 0 aliphatic carbocycles. The lowest BCUT2D eigenvalue weighted by Gasteiger charge is -2.31. The molecule has 0 radical (unpaired) electrons. The molecule has 2 nitrogen and oxygen atoms in total. The van der Waals surface area contributed by atoms with Crippen molar-refractivity contribution in [1.82, 2.24) is 4.90 Å². The summed E-state index contributed by atoms with van der Waals surface area (Å²) in [6.07, 6.45) is 2.36. The molecular formula is C21H25NOS. The third-order valence-corrected chi connectivity index (χ3v) is 5.65. The number of benzene rings is 2. The van der Waals surface area contributed by atoms with Crippen molar-refractivity contribution in [2.75, 3.05) is 13.1 Å². The van der Waals surface area contributed by atoms with Crippen LogP contribution in [0.15, 0.2) is 53.4 Å². The average molecular weight is 340 g/mol. The van der Waals surface area contributed by atoms with Crippen LogP contribution in [0, 0.1) is 12.8 Å². The molecule has 1 amide bonds. The molecule has 2 aromatic carbocycles. The molecule has 1 atom stereocenters. The highest BCUT2D eigenvalue weighted by Crippen LogP contribution is 2.24. The number of carbonyl (C=O) groups is 1. The Kier molecular flexibility index (Phi) is 5.62. The van der Waals surface area contributed by atoms with Gasteiger partial charge in [0.2, 0.25) is 0 Å². The minimum atomic E-state index is 0.180. The van der Waals surface area contributed by atoms with Gasteiger partial charge in [-0.3, -0.25) is 4.79 Å². The molecule has 3 rings (SSSR count). The lowest BCUT2D eigenvalue weighted by molar-refractivity contribution is 0.0683. The van der Waals surface area contributed by atoms with Crippen molar-refractivity contribution in [3.63, 3.8) is 0 Å². The number of hydrogen-bond donors (Lipinski definition) is 0. The minimum absolute atomic E-state index is 0.180. The predicted octanol–water partition coefficient (Wildman–Crippen LogP) is 5.16. The van der Waals surface area contributed by atoms with Gasteiger partial charge in [0, 0.05) is 29.3 Å². The van der Waals surface area contributed by atoms with Crippen LogP contribution in [0.3, 0.4) is 0 Å². The van der Waals surface area contributed by atoms with E-state index in [1.54, 1.807) is 0 Å². The Morgan fingerprint density at radius 3 is 2.50 bits per heavy atom. The van der Waals surface area contributed by atoms with Crippen molar-refractivity contribution in [3.05, 3.63) is 65.2 Å². The van der Waals surface area contributed by atoms with E-state index < -0.39 is 0 Å². The fourth-order valence-corrected chi connectivity index (χ4v) is 3.96. The summed E-state index contributed by atoms with van der Waals surface area (Å²) < 4.78 is 0. The molecule has 1 aliphatic heterocycles. The third kappa shape index (κ3) is 4.41. The molecule has 1 heterocycles. The number of nitrogens with zero attached hydrogens (tertiary/aromatic N) is 1. The van der Waals surface area contributed by atoms with Gasteiger partial charge in [0.1, 0.15) is 0 Å². The SMILES string of the molecule is Cc1ccc(SCc2ccc(C(=O)N3CCCC(C)C3)cc2)cc1. The van der Waals surface area contributed by atoms with Gasteiger partial charge in [-0.2, -0.15) is 0 Å². The van der Waals surface area contributed by atoms with Gasteiger partial charge in [-0.25, -0.2) is 0 Å². The Bertz CT molecular complexity index is 678. The molecule has 1 saturated heterocycles. The van der Waals surface area contributed by atoms with Gasteiger partial charge in [-0.1, -0.05) is 36.8 Å². The molecule has 0 aromatic heterocycles. The lowest BCUT2D eigenvalue weighted by atomic mass is 9.99. The van der Waals surface area contributed by atoms with Gasteiger partial charge in [0.25, 0.3) is 5.91 Å². The van der Waals surface area contributed by atoms with Crippen LogP contribution in [0.4, 0.5) is 0 Å². The standard InChI is InChI=1S/C21H25NOS/c1-16-5-11-20(12-6-16)24-15-18-7-9-19(10-8-18)21(23)22-13-3-4-17(2)14-22/h5-12,17H,3-4,13-15H2,1-2H3. The molecule has 24 heavy (non-hydrogen) atoms. The van der Waals surface area contributed by atoms with E-state index in [2.05, 4.69) is 50.2 Å². The highest BCUT2D eigenvalue weighted by molar-refractivity contribution is 7.98. The van der Waals surface area contributed by atoms with Crippen LogP contribution in [-0.4, -0.2) is 23.9 Å². The van der Waals surface area contributed by atoms with E-state index in [0.717, 1.165) is 30.8 Å². The Balaban J connectivity index is 1.58. The summed E-state index contributed by atoms with van der Waals surface area (Å²) in [5, 5.41) is 0. The third-order valence-electron chi connectivity index (χ3n) is 4.57. The number of piperidine rings is 1. The van der Waals surface area contributed by atoms with Crippen LogP contribution in [-0.2, 0) is 5.75 Å². The lowest BCUT2D eigenvalue weighted by Crippen LogP contribution is -2.39. The Morgan fingerprint density at radius 1 is 1.12 bits per heavy atom. The van der Waals surface area contributed by atoms with E-state index in [1.165, 1.54) is 22.4 Å². The number of amides is 1. The Hall–Kier alpha value is -1.74. The van der Waals surface area contributed by atoms with Gasteiger partial charge in [0.05, 0.1) is 0 Å². The smallest absolute Gasteiger partial charge is 0.253 e. The fraction of sp³-hybridized carbons (Fsp3) is 0.381. The second-order valence-electron chi connectivity index (χ2n) is 6.80. The molecule has 2 aromatic rings. The zero-order valence-corrected chi connectivity index (χ0v) is 15.3. The number of aryl methyl sites for hydroxylation is 1. The topological polar surface area (TPSA) is 20.3 Å². The average Bonchev–Trinajstić information content (AvgIpc) is 2.61. The van der Waals surface area contributed by atoms with Crippen LogP contribution in [0.25, 0.3) is 0 Å². The van der Waals surface area contributed by atoms with Crippen molar-refractivity contribution in [1.29, 1.82) is 0 Å². The van der Waals surface area contributed by atoms with E-state index in [-0.39, 0.29) is 5.91 Å². The maximum atomic E-state index is 12.6. The van der Waals surface area contributed by atoms with Crippen molar-refractivity contribution >= 4 is 17.7 Å². The highest BCUT2D eigenvalue weighted by atomic mass is 32.2. The molecule has 1 unspecified atom stereocenters. The van der Waals surface area contributed by atoms with Gasteiger partial charge >= 0.3 is 0 Å². The molecule has 0 N–H and O–H groups in total. The number of rotatable bonds is 4. The summed E-state index contributed by atoms with van der Waals surface area (Å²) >= 11 is 1.83. The quantitative estimate of drug-likeness (QED) is 0.717. The molecule has 126 valence electrons. The van der Waals surface area contributed by atoms with Gasteiger partial charge < -0.3 is 4.90 Å². The summed E-state index contributed by atoms with van der Waals surface area (Å²) in [5.74, 6) is 1.73. The van der Waals surface area contributed by atoms with E-state index in [1.807, 2.05) is 28.8 Å². The van der Waals surface area contributed by atoms with Crippen molar-refractivity contribution < 1.29 is 4.79 Å². The Labute approximate surface area is 149 Å². The number of thioether (sulfide) groups is 1. The first-order valence-corrected chi connectivity index (χ1v) is 9.68. The first-order chi connectivity index (χ1) is 11.6. The van der Waals surface area contributed by atoms with E-state index in [9.17, 15) is 4.79 Å². The molecule has 0 saturated carbocycles. The second-order valence-corrected chi connectivity index (χ2v) is 7.85. The molecule has 1 aliphatic rings. The van der Waals surface area contributed by atoms with Gasteiger partial charge in [0.15, 0.2) is 0 Å². The fourth-order valence-electron chi connectivity index (χ4n) is 3.10. The van der Waals surface area contributed by atoms with Crippen LogP contribution in [0.1, 0.15) is 41.3 Å². The number of hydrogen-bond acceptors (Lipinski definition) is 2. The van der Waals surface area contributed by atoms with Crippen LogP contribution < -0.4 is 0 Å². The molecule has 3 heteroatoms. The maximum Gasteiger partial charge on any atom is 0.253 e. The second kappa shape index (κ2) is 7.89. The first-order valence-electron chi connectivity index (χ1n) is 8.69. The molecule has 1 fully saturated rings. The zero-order chi connectivity index (χ0) is 16.9. The van der Waals surface area contributed by atoms with Crippen molar-refractivity contribution in [2.24, 2.45) is 5.92 Å². The monoisotopic (exact) mass is 339 g/mol. The summed E-state index contributed by atoms with van der Waals surface area (Å²) in [4.78, 5) is 15.9. The van der Waals surface area contributed by atoms with Crippen LogP contribution >= 0.6 is 11.8 Å². The van der Waals surface area contributed by atoms with Gasteiger partial charge in [-0.05, 0) is 55.5 Å².